The van der Waals surface area contributed by atoms with Crippen LogP contribution in [0.15, 0.2) is 24.3 Å². The molecule has 0 heterocycles. The molecule has 0 saturated heterocycles. The fourth-order valence-electron chi connectivity index (χ4n) is 2.10. The van der Waals surface area contributed by atoms with Crippen molar-refractivity contribution in [3.05, 3.63) is 35.4 Å². The smallest absolute Gasteiger partial charge is 0.159 e. The molecule has 1 saturated carbocycles. The van der Waals surface area contributed by atoms with E-state index in [1.54, 1.807) is 13.0 Å². The average molecular weight is 206 g/mol. The van der Waals surface area contributed by atoms with Crippen molar-refractivity contribution >= 4 is 5.78 Å². The van der Waals surface area contributed by atoms with E-state index in [-0.39, 0.29) is 11.2 Å². The summed E-state index contributed by atoms with van der Waals surface area (Å²) in [6, 6.07) is 7.39. The second-order valence-corrected chi connectivity index (χ2v) is 4.41. The highest BCUT2D eigenvalue weighted by Gasteiger charge is 2.49. The topological polar surface area (TPSA) is 17.1 Å². The van der Waals surface area contributed by atoms with Gasteiger partial charge in [-0.2, -0.15) is 0 Å². The lowest BCUT2D eigenvalue weighted by atomic mass is 9.90. The van der Waals surface area contributed by atoms with Gasteiger partial charge < -0.3 is 0 Å². The van der Waals surface area contributed by atoms with Gasteiger partial charge in [0.2, 0.25) is 0 Å². The summed E-state index contributed by atoms with van der Waals surface area (Å²) in [6.45, 7) is 3.14. The zero-order valence-electron chi connectivity index (χ0n) is 9.09. The third kappa shape index (κ3) is 1.69. The van der Waals surface area contributed by atoms with E-state index < -0.39 is 6.17 Å². The molecule has 2 rings (SSSR count). The Morgan fingerprint density at radius 1 is 1.47 bits per heavy atom. The first-order chi connectivity index (χ1) is 7.06. The quantitative estimate of drug-likeness (QED) is 0.693. The molecule has 0 radical (unpaired) electrons. The van der Waals surface area contributed by atoms with Crippen LogP contribution in [0.4, 0.5) is 4.39 Å². The molecule has 1 aliphatic rings. The number of carbonyl (C=O) groups is 1. The number of carbonyl (C=O) groups excluding carboxylic acids is 1. The number of hydrogen-bond donors (Lipinski definition) is 0. The molecule has 0 amide bonds. The summed E-state index contributed by atoms with van der Waals surface area (Å²) in [5.74, 6) is 0.0409. The summed E-state index contributed by atoms with van der Waals surface area (Å²) in [5, 5.41) is 0. The standard InChI is InChI=1S/C13H15FO/c1-9(15)11-4-3-5-12(8-11)13(6-7-13)10(2)14/h3-5,8,10H,6-7H2,1-2H3. The maximum absolute atomic E-state index is 13.5. The van der Waals surface area contributed by atoms with Crippen molar-refractivity contribution in [1.29, 1.82) is 0 Å². The molecule has 1 aromatic carbocycles. The molecular formula is C13H15FO. The molecule has 1 aromatic rings. The van der Waals surface area contributed by atoms with E-state index in [4.69, 9.17) is 0 Å². The van der Waals surface area contributed by atoms with Crippen LogP contribution in [0.5, 0.6) is 0 Å². The first-order valence-corrected chi connectivity index (χ1v) is 5.32. The number of rotatable bonds is 3. The number of hydrogen-bond acceptors (Lipinski definition) is 1. The van der Waals surface area contributed by atoms with E-state index >= 15 is 0 Å². The molecule has 1 unspecified atom stereocenters. The van der Waals surface area contributed by atoms with Gasteiger partial charge in [0.1, 0.15) is 6.17 Å². The van der Waals surface area contributed by atoms with Crippen LogP contribution in [0.25, 0.3) is 0 Å². The molecule has 15 heavy (non-hydrogen) atoms. The van der Waals surface area contributed by atoms with Crippen molar-refractivity contribution in [1.82, 2.24) is 0 Å². The second kappa shape index (κ2) is 3.44. The van der Waals surface area contributed by atoms with Gasteiger partial charge in [-0.25, -0.2) is 4.39 Å². The molecule has 0 spiro atoms. The Morgan fingerprint density at radius 2 is 2.13 bits per heavy atom. The SMILES string of the molecule is CC(=O)c1cccc(C2(C(C)F)CC2)c1. The Labute approximate surface area is 89.3 Å². The maximum Gasteiger partial charge on any atom is 0.159 e. The van der Waals surface area contributed by atoms with Crippen molar-refractivity contribution in [2.24, 2.45) is 0 Å². The monoisotopic (exact) mass is 206 g/mol. The summed E-state index contributed by atoms with van der Waals surface area (Å²) < 4.78 is 13.5. The van der Waals surface area contributed by atoms with Crippen molar-refractivity contribution < 1.29 is 9.18 Å². The minimum Gasteiger partial charge on any atom is -0.295 e. The molecule has 2 heteroatoms. The van der Waals surface area contributed by atoms with Crippen LogP contribution >= 0.6 is 0 Å². The van der Waals surface area contributed by atoms with Gasteiger partial charge in [0.15, 0.2) is 5.78 Å². The normalized spacial score (nSPS) is 19.7. The molecule has 1 fully saturated rings. The zero-order valence-corrected chi connectivity index (χ0v) is 9.09. The molecule has 1 nitrogen and oxygen atoms in total. The van der Waals surface area contributed by atoms with Gasteiger partial charge in [0.25, 0.3) is 0 Å². The van der Waals surface area contributed by atoms with E-state index in [1.807, 2.05) is 18.2 Å². The van der Waals surface area contributed by atoms with Crippen LogP contribution in [0, 0.1) is 0 Å². The highest BCUT2D eigenvalue weighted by Crippen LogP contribution is 2.52. The molecule has 0 N–H and O–H groups in total. The summed E-state index contributed by atoms with van der Waals surface area (Å²) in [6.07, 6.45) is 0.956. The highest BCUT2D eigenvalue weighted by atomic mass is 19.1. The lowest BCUT2D eigenvalue weighted by molar-refractivity contribution is 0.101. The number of Topliss-reactive ketones (excluding diaryl/α,β-unsaturated/α-hetero) is 1. The third-order valence-electron chi connectivity index (χ3n) is 3.39. The van der Waals surface area contributed by atoms with Crippen molar-refractivity contribution in [2.75, 3.05) is 0 Å². The summed E-state index contributed by atoms with van der Waals surface area (Å²) in [7, 11) is 0. The van der Waals surface area contributed by atoms with E-state index in [0.29, 0.717) is 5.56 Å². The predicted octanol–water partition coefficient (Wildman–Crippen LogP) is 3.28. The Morgan fingerprint density at radius 3 is 2.60 bits per heavy atom. The van der Waals surface area contributed by atoms with E-state index in [9.17, 15) is 9.18 Å². The van der Waals surface area contributed by atoms with Gasteiger partial charge in [0.05, 0.1) is 0 Å². The molecular weight excluding hydrogens is 191 g/mol. The van der Waals surface area contributed by atoms with Crippen LogP contribution in [0.3, 0.4) is 0 Å². The number of halogens is 1. The summed E-state index contributed by atoms with van der Waals surface area (Å²) in [4.78, 5) is 11.2. The Balaban J connectivity index is 2.37. The van der Waals surface area contributed by atoms with Gasteiger partial charge in [-0.1, -0.05) is 18.2 Å². The highest BCUT2D eigenvalue weighted by molar-refractivity contribution is 5.94. The lowest BCUT2D eigenvalue weighted by Gasteiger charge is -2.17. The molecule has 0 bridgehead atoms. The first kappa shape index (κ1) is 10.3. The van der Waals surface area contributed by atoms with E-state index in [1.165, 1.54) is 6.92 Å². The van der Waals surface area contributed by atoms with Crippen LogP contribution in [0.1, 0.15) is 42.6 Å². The van der Waals surface area contributed by atoms with Gasteiger partial charge >= 0.3 is 0 Å². The molecule has 1 atom stereocenters. The predicted molar refractivity (Wildman–Crippen MR) is 57.9 cm³/mol. The van der Waals surface area contributed by atoms with Gasteiger partial charge in [-0.15, -0.1) is 0 Å². The van der Waals surface area contributed by atoms with Crippen LogP contribution in [-0.2, 0) is 5.41 Å². The van der Waals surface area contributed by atoms with Gasteiger partial charge in [0, 0.05) is 11.0 Å². The summed E-state index contributed by atoms with van der Waals surface area (Å²) >= 11 is 0. The second-order valence-electron chi connectivity index (χ2n) is 4.41. The lowest BCUT2D eigenvalue weighted by Crippen LogP contribution is -2.18. The molecule has 0 aliphatic heterocycles. The Bertz CT molecular complexity index is 391. The third-order valence-corrected chi connectivity index (χ3v) is 3.39. The first-order valence-electron chi connectivity index (χ1n) is 5.32. The number of ketones is 1. The number of alkyl halides is 1. The maximum atomic E-state index is 13.5. The van der Waals surface area contributed by atoms with Crippen LogP contribution < -0.4 is 0 Å². The fraction of sp³-hybridized carbons (Fsp3) is 0.462. The average Bonchev–Trinajstić information content (AvgIpc) is 2.98. The van der Waals surface area contributed by atoms with Crippen molar-refractivity contribution in [3.63, 3.8) is 0 Å². The van der Waals surface area contributed by atoms with E-state index in [0.717, 1.165) is 18.4 Å². The van der Waals surface area contributed by atoms with Crippen LogP contribution in [0.2, 0.25) is 0 Å². The minimum atomic E-state index is -0.834. The molecule has 80 valence electrons. The van der Waals surface area contributed by atoms with Gasteiger partial charge in [-0.3, -0.25) is 4.79 Å². The fourth-order valence-corrected chi connectivity index (χ4v) is 2.10. The van der Waals surface area contributed by atoms with E-state index in [2.05, 4.69) is 0 Å². The largest absolute Gasteiger partial charge is 0.295 e. The minimum absolute atomic E-state index is 0.0409. The molecule has 0 aromatic heterocycles. The zero-order chi connectivity index (χ0) is 11.1. The number of benzene rings is 1. The van der Waals surface area contributed by atoms with Crippen LogP contribution in [-0.4, -0.2) is 12.0 Å². The Kier molecular flexibility index (Phi) is 2.37. The summed E-state index contributed by atoms with van der Waals surface area (Å²) in [5.41, 5.74) is 1.36. The molecule has 1 aliphatic carbocycles. The van der Waals surface area contributed by atoms with Crippen molar-refractivity contribution in [2.45, 2.75) is 38.3 Å². The van der Waals surface area contributed by atoms with Gasteiger partial charge in [-0.05, 0) is 38.3 Å². The Hall–Kier alpha value is -1.18. The van der Waals surface area contributed by atoms with Crippen molar-refractivity contribution in [3.8, 4) is 0 Å².